The molecule has 4 rings (SSSR count). The fourth-order valence-corrected chi connectivity index (χ4v) is 4.42. The molecule has 0 fully saturated rings. The summed E-state index contributed by atoms with van der Waals surface area (Å²) < 4.78 is 0. The minimum Gasteiger partial charge on any atom is -0.384 e. The fraction of sp³-hybridized carbons (Fsp3) is 0.345. The van der Waals surface area contributed by atoms with Crippen molar-refractivity contribution in [2.24, 2.45) is 0 Å². The molecule has 1 unspecified atom stereocenters. The molecular weight excluding hydrogens is 508 g/mol. The van der Waals surface area contributed by atoms with Gasteiger partial charge < -0.3 is 31.3 Å². The van der Waals surface area contributed by atoms with Gasteiger partial charge in [0.05, 0.1) is 12.2 Å². The maximum Gasteiger partial charge on any atom is 0.256 e. The third-order valence-corrected chi connectivity index (χ3v) is 6.28. The van der Waals surface area contributed by atoms with Gasteiger partial charge in [0.15, 0.2) is 0 Å². The predicted octanol–water partition coefficient (Wildman–Crippen LogP) is 2.65. The summed E-state index contributed by atoms with van der Waals surface area (Å²) in [6.45, 7) is 7.58. The van der Waals surface area contributed by atoms with Crippen LogP contribution < -0.4 is 21.3 Å². The maximum atomic E-state index is 12.8. The van der Waals surface area contributed by atoms with Crippen LogP contribution in [0.5, 0.6) is 0 Å². The molecule has 1 aliphatic carbocycles. The Morgan fingerprint density at radius 1 is 1.12 bits per heavy atom. The molecule has 0 radical (unpaired) electrons. The Bertz CT molecular complexity index is 1400. The van der Waals surface area contributed by atoms with Crippen LogP contribution in [-0.4, -0.2) is 70.0 Å². The number of hydrogen-bond acceptors (Lipinski definition) is 9. The predicted molar refractivity (Wildman–Crippen MR) is 155 cm³/mol. The van der Waals surface area contributed by atoms with E-state index in [1.165, 1.54) is 11.8 Å². The van der Waals surface area contributed by atoms with E-state index < -0.39 is 5.60 Å². The average molecular weight is 545 g/mol. The van der Waals surface area contributed by atoms with Crippen LogP contribution in [0.4, 0.5) is 23.3 Å². The van der Waals surface area contributed by atoms with Gasteiger partial charge >= 0.3 is 0 Å². The van der Waals surface area contributed by atoms with E-state index in [-0.39, 0.29) is 41.7 Å². The monoisotopic (exact) mass is 544 g/mol. The Morgan fingerprint density at radius 2 is 1.90 bits per heavy atom. The van der Waals surface area contributed by atoms with E-state index in [0.717, 1.165) is 24.1 Å². The molecule has 2 heterocycles. The first-order chi connectivity index (χ1) is 19.0. The van der Waals surface area contributed by atoms with Crippen molar-refractivity contribution in [3.8, 4) is 0 Å². The van der Waals surface area contributed by atoms with Crippen LogP contribution in [0.25, 0.3) is 0 Å². The van der Waals surface area contributed by atoms with Gasteiger partial charge in [-0.25, -0.2) is 9.97 Å². The minimum absolute atomic E-state index is 0.00868. The van der Waals surface area contributed by atoms with Crippen LogP contribution in [0, 0.1) is 0 Å². The first-order valence-corrected chi connectivity index (χ1v) is 13.1. The van der Waals surface area contributed by atoms with Crippen LogP contribution in [0.2, 0.25) is 0 Å². The summed E-state index contributed by atoms with van der Waals surface area (Å²) in [4.78, 5) is 40.3. The molecule has 5 N–H and O–H groups in total. The summed E-state index contributed by atoms with van der Waals surface area (Å²) in [6.07, 6.45) is 4.55. The lowest BCUT2D eigenvalue weighted by Crippen LogP contribution is -2.40. The summed E-state index contributed by atoms with van der Waals surface area (Å²) in [5.41, 5.74) is 2.69. The van der Waals surface area contributed by atoms with E-state index in [1.54, 1.807) is 38.1 Å². The zero-order valence-corrected chi connectivity index (χ0v) is 23.3. The number of nitrogens with zero attached hydrogens (tertiary/aromatic N) is 4. The highest BCUT2D eigenvalue weighted by Crippen LogP contribution is 2.28. The Kier molecular flexibility index (Phi) is 8.76. The third-order valence-electron chi connectivity index (χ3n) is 6.28. The number of nitrogens with one attached hydrogen (secondary N) is 4. The van der Waals surface area contributed by atoms with Gasteiger partial charge in [0.25, 0.3) is 5.91 Å². The maximum absolute atomic E-state index is 12.8. The van der Waals surface area contributed by atoms with Crippen LogP contribution in [0.15, 0.2) is 55.3 Å². The average Bonchev–Trinajstić information content (AvgIpc) is 3.28. The van der Waals surface area contributed by atoms with Crippen molar-refractivity contribution in [1.82, 2.24) is 30.5 Å². The molecule has 210 valence electrons. The molecule has 40 heavy (non-hydrogen) atoms. The minimum atomic E-state index is -1.14. The van der Waals surface area contributed by atoms with Gasteiger partial charge in [0.1, 0.15) is 22.8 Å². The van der Waals surface area contributed by atoms with Crippen molar-refractivity contribution in [3.63, 3.8) is 0 Å². The Morgan fingerprint density at radius 3 is 2.62 bits per heavy atom. The number of benzene rings is 1. The Hall–Kier alpha value is -4.35. The van der Waals surface area contributed by atoms with Gasteiger partial charge in [-0.3, -0.25) is 9.59 Å². The first kappa shape index (κ1) is 28.7. The van der Waals surface area contributed by atoms with Gasteiger partial charge in [-0.05, 0) is 76.2 Å². The number of carbonyl (C=O) groups excluding carboxylic acids is 2. The molecule has 2 aromatic heterocycles. The summed E-state index contributed by atoms with van der Waals surface area (Å²) in [7, 11) is 3.74. The molecule has 0 saturated heterocycles. The zero-order valence-electron chi connectivity index (χ0n) is 23.3. The fourth-order valence-electron chi connectivity index (χ4n) is 4.42. The Balaban J connectivity index is 1.54. The highest BCUT2D eigenvalue weighted by atomic mass is 16.3. The SMILES string of the molecule is C=CCNC(=O)c1cnc(Nc2ccc3c(c2)CC(NC(=O)CN(C)C)C3)nc1Nc1cccc(C(C)(C)O)n1. The number of aromatic nitrogens is 3. The summed E-state index contributed by atoms with van der Waals surface area (Å²) >= 11 is 0. The molecule has 0 bridgehead atoms. The smallest absolute Gasteiger partial charge is 0.256 e. The number of anilines is 4. The van der Waals surface area contributed by atoms with E-state index in [2.05, 4.69) is 42.8 Å². The van der Waals surface area contributed by atoms with E-state index in [0.29, 0.717) is 18.1 Å². The Labute approximate surface area is 234 Å². The summed E-state index contributed by atoms with van der Waals surface area (Å²) in [6, 6.07) is 11.3. The van der Waals surface area contributed by atoms with Gasteiger partial charge in [-0.1, -0.05) is 18.2 Å². The molecule has 3 aromatic rings. The molecule has 1 aromatic carbocycles. The topological polar surface area (TPSA) is 144 Å². The molecule has 0 saturated carbocycles. The van der Waals surface area contributed by atoms with Gasteiger partial charge in [-0.15, -0.1) is 6.58 Å². The van der Waals surface area contributed by atoms with Crippen LogP contribution in [0.1, 0.15) is 41.0 Å². The number of likely N-dealkylation sites (N-methyl/N-ethyl adjacent to an activating group) is 1. The van der Waals surface area contributed by atoms with Crippen molar-refractivity contribution >= 4 is 35.1 Å². The first-order valence-electron chi connectivity index (χ1n) is 13.1. The quantitative estimate of drug-likeness (QED) is 0.230. The molecule has 2 amide bonds. The van der Waals surface area contributed by atoms with Crippen molar-refractivity contribution in [2.75, 3.05) is 37.8 Å². The number of pyridine rings is 1. The molecule has 0 spiro atoms. The van der Waals surface area contributed by atoms with Gasteiger partial charge in [-0.2, -0.15) is 4.98 Å². The van der Waals surface area contributed by atoms with E-state index in [4.69, 9.17) is 0 Å². The number of hydrogen-bond donors (Lipinski definition) is 5. The zero-order chi connectivity index (χ0) is 28.9. The lowest BCUT2D eigenvalue weighted by Gasteiger charge is -2.18. The number of carbonyl (C=O) groups is 2. The third kappa shape index (κ3) is 7.39. The second-order valence-electron chi connectivity index (χ2n) is 10.6. The van der Waals surface area contributed by atoms with Crippen molar-refractivity contribution in [2.45, 2.75) is 38.3 Å². The second-order valence-corrected chi connectivity index (χ2v) is 10.6. The molecule has 1 aliphatic rings. The van der Waals surface area contributed by atoms with E-state index >= 15 is 0 Å². The van der Waals surface area contributed by atoms with Gasteiger partial charge in [0, 0.05) is 24.5 Å². The molecule has 11 nitrogen and oxygen atoms in total. The van der Waals surface area contributed by atoms with Crippen LogP contribution in [0.3, 0.4) is 0 Å². The molecular formula is C29H36N8O3. The van der Waals surface area contributed by atoms with Crippen LogP contribution in [-0.2, 0) is 23.2 Å². The lowest BCUT2D eigenvalue weighted by molar-refractivity contribution is -0.122. The number of rotatable bonds is 11. The summed E-state index contributed by atoms with van der Waals surface area (Å²) in [5.74, 6) is 0.600. The lowest BCUT2D eigenvalue weighted by atomic mass is 10.1. The van der Waals surface area contributed by atoms with Crippen molar-refractivity contribution in [1.29, 1.82) is 0 Å². The molecule has 0 aliphatic heterocycles. The van der Waals surface area contributed by atoms with E-state index in [9.17, 15) is 14.7 Å². The summed E-state index contributed by atoms with van der Waals surface area (Å²) in [5, 5.41) is 22.5. The highest BCUT2D eigenvalue weighted by Gasteiger charge is 2.24. The standard InChI is InChI=1S/C29H36N8O3/c1-6-12-30-27(39)22-16-31-28(36-26(22)35-24-9-7-8-23(34-24)29(2,3)40)33-20-11-10-18-13-21(15-19(18)14-20)32-25(38)17-37(4)5/h6-11,14,16,21,40H,1,12-13,15,17H2,2-5H3,(H,30,39)(H,32,38)(H2,31,33,34,35,36). The molecule has 1 atom stereocenters. The number of aliphatic hydroxyl groups is 1. The van der Waals surface area contributed by atoms with Crippen molar-refractivity contribution in [3.05, 3.63) is 77.6 Å². The number of fused-ring (bicyclic) bond motifs is 1. The number of amides is 2. The van der Waals surface area contributed by atoms with Crippen LogP contribution >= 0.6 is 0 Å². The largest absolute Gasteiger partial charge is 0.384 e. The van der Waals surface area contributed by atoms with E-state index in [1.807, 2.05) is 37.2 Å². The molecule has 11 heteroatoms. The van der Waals surface area contributed by atoms with Gasteiger partial charge in [0.2, 0.25) is 11.9 Å². The van der Waals surface area contributed by atoms with Crippen molar-refractivity contribution < 1.29 is 14.7 Å². The normalized spacial score (nSPS) is 14.4. The second kappa shape index (κ2) is 12.2. The highest BCUT2D eigenvalue weighted by molar-refractivity contribution is 5.99.